The zero-order chi connectivity index (χ0) is 22.9. The second kappa shape index (κ2) is 8.54. The lowest BCUT2D eigenvalue weighted by molar-refractivity contribution is 0.0595. The number of fused-ring (bicyclic) bond motifs is 4. The van der Waals surface area contributed by atoms with Crippen LogP contribution in [-0.4, -0.2) is 46.5 Å². The summed E-state index contributed by atoms with van der Waals surface area (Å²) in [7, 11) is 1.59. The maximum Gasteiger partial charge on any atom is 0.257 e. The van der Waals surface area contributed by atoms with Crippen molar-refractivity contribution in [2.45, 2.75) is 18.9 Å². The third-order valence-electron chi connectivity index (χ3n) is 6.39. The van der Waals surface area contributed by atoms with Crippen molar-refractivity contribution in [2.24, 2.45) is 5.92 Å². The largest absolute Gasteiger partial charge is 0.497 e. The fraction of sp³-hybridized carbons (Fsp3) is 0.280. The number of nitrogens with zero attached hydrogens (tertiary/aromatic N) is 3. The second-order valence-electron chi connectivity index (χ2n) is 8.51. The number of amides is 2. The number of pyridine rings is 2. The van der Waals surface area contributed by atoms with Gasteiger partial charge in [-0.25, -0.2) is 0 Å². The third kappa shape index (κ3) is 4.00. The molecule has 0 saturated carbocycles. The van der Waals surface area contributed by atoms with Crippen LogP contribution < -0.4 is 15.6 Å². The van der Waals surface area contributed by atoms with Crippen LogP contribution in [0.2, 0.25) is 0 Å². The first-order valence-corrected chi connectivity index (χ1v) is 10.9. The van der Waals surface area contributed by atoms with Crippen molar-refractivity contribution >= 4 is 17.5 Å². The number of methoxy groups -OCH3 is 1. The average Bonchev–Trinajstić information content (AvgIpc) is 2.85. The summed E-state index contributed by atoms with van der Waals surface area (Å²) in [6, 6.07) is 13.6. The van der Waals surface area contributed by atoms with Crippen molar-refractivity contribution in [1.29, 1.82) is 0 Å². The Labute approximate surface area is 190 Å². The maximum absolute atomic E-state index is 13.2. The highest BCUT2D eigenvalue weighted by atomic mass is 16.5. The van der Waals surface area contributed by atoms with Gasteiger partial charge in [0.15, 0.2) is 0 Å². The molecule has 3 aromatic rings. The number of hydrogen-bond donors (Lipinski definition) is 1. The highest BCUT2D eigenvalue weighted by Gasteiger charge is 2.38. The predicted octanol–water partition coefficient (Wildman–Crippen LogP) is 2.76. The molecule has 0 unspecified atom stereocenters. The fourth-order valence-electron chi connectivity index (χ4n) is 4.89. The molecule has 0 spiro atoms. The molecule has 1 aromatic carbocycles. The van der Waals surface area contributed by atoms with Gasteiger partial charge in [-0.1, -0.05) is 0 Å². The van der Waals surface area contributed by atoms with Gasteiger partial charge in [0, 0.05) is 55.3 Å². The molecule has 4 heterocycles. The first-order valence-electron chi connectivity index (χ1n) is 10.9. The Bertz CT molecular complexity index is 1250. The predicted molar refractivity (Wildman–Crippen MR) is 123 cm³/mol. The molecular weight excluding hydrogens is 420 g/mol. The molecule has 168 valence electrons. The van der Waals surface area contributed by atoms with E-state index in [-0.39, 0.29) is 29.2 Å². The normalized spacial score (nSPS) is 18.9. The monoisotopic (exact) mass is 444 g/mol. The lowest BCUT2D eigenvalue weighted by Crippen LogP contribution is -2.49. The fourth-order valence-corrected chi connectivity index (χ4v) is 4.89. The summed E-state index contributed by atoms with van der Waals surface area (Å²) in [5.74, 6) is 0.510. The van der Waals surface area contributed by atoms with Crippen LogP contribution in [0.15, 0.2) is 65.7 Å². The third-order valence-corrected chi connectivity index (χ3v) is 6.39. The number of nitrogens with one attached hydrogen (secondary N) is 1. The number of piperidine rings is 1. The summed E-state index contributed by atoms with van der Waals surface area (Å²) < 4.78 is 6.94. The molecule has 5 rings (SSSR count). The number of aromatic nitrogens is 2. The molecule has 2 aliphatic rings. The van der Waals surface area contributed by atoms with Gasteiger partial charge in [0.2, 0.25) is 0 Å². The Morgan fingerprint density at radius 1 is 1.03 bits per heavy atom. The van der Waals surface area contributed by atoms with E-state index >= 15 is 0 Å². The molecule has 2 atom stereocenters. The van der Waals surface area contributed by atoms with Crippen LogP contribution in [0, 0.1) is 5.92 Å². The molecule has 1 saturated heterocycles. The number of rotatable bonds is 4. The molecule has 8 heteroatoms. The van der Waals surface area contributed by atoms with Crippen molar-refractivity contribution in [1.82, 2.24) is 14.5 Å². The molecule has 2 amide bonds. The Kier molecular flexibility index (Phi) is 5.42. The molecule has 0 radical (unpaired) electrons. The Hall–Kier alpha value is -3.94. The average molecular weight is 444 g/mol. The number of benzene rings is 1. The summed E-state index contributed by atoms with van der Waals surface area (Å²) in [5, 5.41) is 2.95. The Morgan fingerprint density at radius 2 is 1.85 bits per heavy atom. The highest BCUT2D eigenvalue weighted by Crippen LogP contribution is 2.39. The summed E-state index contributed by atoms with van der Waals surface area (Å²) in [4.78, 5) is 44.5. The Morgan fingerprint density at radius 3 is 2.58 bits per heavy atom. The van der Waals surface area contributed by atoms with Crippen molar-refractivity contribution in [2.75, 3.05) is 25.5 Å². The molecule has 1 N–H and O–H groups in total. The molecule has 2 aliphatic heterocycles. The van der Waals surface area contributed by atoms with E-state index in [4.69, 9.17) is 4.74 Å². The van der Waals surface area contributed by atoms with Crippen LogP contribution in [0.25, 0.3) is 0 Å². The van der Waals surface area contributed by atoms with Crippen LogP contribution >= 0.6 is 0 Å². The van der Waals surface area contributed by atoms with Gasteiger partial charge in [0.1, 0.15) is 5.75 Å². The number of carbonyl (C=O) groups excluding carboxylic acids is 2. The van der Waals surface area contributed by atoms with E-state index in [9.17, 15) is 14.4 Å². The minimum absolute atomic E-state index is 0.0416. The molecule has 1 fully saturated rings. The topological polar surface area (TPSA) is 93.5 Å². The summed E-state index contributed by atoms with van der Waals surface area (Å²) in [6.07, 6.45) is 3.98. The van der Waals surface area contributed by atoms with E-state index in [1.54, 1.807) is 60.3 Å². The quantitative estimate of drug-likeness (QED) is 0.668. The zero-order valence-electron chi connectivity index (χ0n) is 18.2. The van der Waals surface area contributed by atoms with Crippen molar-refractivity contribution < 1.29 is 14.3 Å². The first kappa shape index (κ1) is 20.9. The minimum Gasteiger partial charge on any atom is -0.497 e. The highest BCUT2D eigenvalue weighted by molar-refractivity contribution is 6.04. The number of likely N-dealkylation sites (tertiary alicyclic amines) is 1. The zero-order valence-corrected chi connectivity index (χ0v) is 18.2. The molecule has 8 nitrogen and oxygen atoms in total. The first-order chi connectivity index (χ1) is 16.0. The summed E-state index contributed by atoms with van der Waals surface area (Å²) >= 11 is 0. The van der Waals surface area contributed by atoms with E-state index in [0.29, 0.717) is 42.2 Å². The molecular formula is C25H24N4O4. The lowest BCUT2D eigenvalue weighted by atomic mass is 9.82. The van der Waals surface area contributed by atoms with Crippen LogP contribution in [0.4, 0.5) is 5.69 Å². The second-order valence-corrected chi connectivity index (χ2v) is 8.51. The van der Waals surface area contributed by atoms with Crippen molar-refractivity contribution in [3.8, 4) is 5.75 Å². The van der Waals surface area contributed by atoms with E-state index < -0.39 is 0 Å². The molecule has 33 heavy (non-hydrogen) atoms. The minimum atomic E-state index is -0.284. The van der Waals surface area contributed by atoms with Gasteiger partial charge in [-0.05, 0) is 54.8 Å². The van der Waals surface area contributed by atoms with Crippen LogP contribution in [0.1, 0.15) is 38.7 Å². The van der Waals surface area contributed by atoms with Crippen LogP contribution in [0.5, 0.6) is 5.75 Å². The van der Waals surface area contributed by atoms with Gasteiger partial charge in [-0.2, -0.15) is 0 Å². The van der Waals surface area contributed by atoms with E-state index in [1.165, 1.54) is 12.3 Å². The molecule has 2 bridgehead atoms. The Balaban J connectivity index is 1.43. The van der Waals surface area contributed by atoms with Gasteiger partial charge in [-0.3, -0.25) is 19.4 Å². The SMILES string of the molecule is COc1ccc(C(=O)N2C[C@@H]3C[C@H](C2)c2c(NC(=O)c4cccnc4)ccc(=O)n2C3)cc1. The van der Waals surface area contributed by atoms with Crippen LogP contribution in [0.3, 0.4) is 0 Å². The number of ether oxygens (including phenoxy) is 1. The van der Waals surface area contributed by atoms with Gasteiger partial charge in [0.25, 0.3) is 17.4 Å². The van der Waals surface area contributed by atoms with E-state index in [0.717, 1.165) is 12.1 Å². The number of anilines is 1. The summed E-state index contributed by atoms with van der Waals surface area (Å²) in [5.41, 5.74) is 2.34. The maximum atomic E-state index is 13.2. The van der Waals surface area contributed by atoms with E-state index in [1.807, 2.05) is 4.90 Å². The molecule has 2 aromatic heterocycles. The smallest absolute Gasteiger partial charge is 0.257 e. The van der Waals surface area contributed by atoms with Gasteiger partial charge in [0.05, 0.1) is 18.4 Å². The number of carbonyl (C=O) groups is 2. The lowest BCUT2D eigenvalue weighted by Gasteiger charge is -2.43. The van der Waals surface area contributed by atoms with Gasteiger partial charge in [-0.15, -0.1) is 0 Å². The van der Waals surface area contributed by atoms with E-state index in [2.05, 4.69) is 10.3 Å². The summed E-state index contributed by atoms with van der Waals surface area (Å²) in [6.45, 7) is 1.60. The van der Waals surface area contributed by atoms with Crippen molar-refractivity contribution in [3.05, 3.63) is 88.1 Å². The number of hydrogen-bond acceptors (Lipinski definition) is 5. The van der Waals surface area contributed by atoms with Gasteiger partial charge < -0.3 is 19.5 Å². The van der Waals surface area contributed by atoms with Gasteiger partial charge >= 0.3 is 0 Å². The standard InChI is InChI=1S/C25H24N4O4/c1-33-20-6-4-17(5-7-20)25(32)28-13-16-11-19(15-28)23-21(8-9-22(30)29(23)14-16)27-24(31)18-3-2-10-26-12-18/h2-10,12,16,19H,11,13-15H2,1H3,(H,27,31)/t16-,19+/m0/s1. The van der Waals surface area contributed by atoms with Crippen molar-refractivity contribution in [3.63, 3.8) is 0 Å². The van der Waals surface area contributed by atoms with Crippen LogP contribution in [-0.2, 0) is 6.54 Å². The molecule has 0 aliphatic carbocycles.